The van der Waals surface area contributed by atoms with E-state index in [-0.39, 0.29) is 31.1 Å². The largest absolute Gasteiger partial charge is 0.399 e. The Morgan fingerprint density at radius 2 is 1.53 bits per heavy atom. The van der Waals surface area contributed by atoms with Crippen molar-refractivity contribution in [3.8, 4) is 6.07 Å². The molecule has 0 radical (unpaired) electrons. The fourth-order valence-electron chi connectivity index (χ4n) is 5.64. The third-order valence-corrected chi connectivity index (χ3v) is 8.85. The molecule has 0 aromatic rings. The summed E-state index contributed by atoms with van der Waals surface area (Å²) in [4.78, 5) is 11.8. The molecule has 0 aromatic carbocycles. The van der Waals surface area contributed by atoms with Crippen LogP contribution in [0.4, 0.5) is 0 Å². The lowest BCUT2D eigenvalue weighted by molar-refractivity contribution is -0.124. The number of carbonyl (C=O) groups excluding carboxylic acids is 1. The standard InChI is InChI=1S/C17H31N.C12H16N2O.C9H20.C2H6.CH4/c1-3-5-8-15(7-4-2)11-12-16-9-6-10-17(18)14-13-16;1-7(2)12(15)9-4-10(6-13)8(3)11(14)5-9;1-4-7-8-9(5-2)6-3;1-2;/h9,13-15,17H,3-8,10-12,18H2,1-2H3;5,7,9H,4,14H2,1-3H3;9H,4-8H2,1-3H3;1-2H3;1H4. The molecule has 0 bridgehead atoms. The van der Waals surface area contributed by atoms with Crippen LogP contribution in [0.1, 0.15) is 173 Å². The maximum atomic E-state index is 11.8. The smallest absolute Gasteiger partial charge is 0.142 e. The molecular formula is C41H77N3O. The lowest BCUT2D eigenvalue weighted by atomic mass is 9.83. The van der Waals surface area contributed by atoms with Crippen molar-refractivity contribution in [1.29, 1.82) is 5.26 Å². The van der Waals surface area contributed by atoms with Gasteiger partial charge < -0.3 is 11.5 Å². The Morgan fingerprint density at radius 1 is 0.956 bits per heavy atom. The topological polar surface area (TPSA) is 92.9 Å². The molecule has 0 saturated carbocycles. The molecule has 0 spiro atoms. The van der Waals surface area contributed by atoms with Crippen molar-refractivity contribution in [3.05, 3.63) is 46.7 Å². The summed E-state index contributed by atoms with van der Waals surface area (Å²) in [6, 6.07) is 2.38. The quantitative estimate of drug-likeness (QED) is 0.189. The third kappa shape index (κ3) is 22.1. The second-order valence-corrected chi connectivity index (χ2v) is 12.7. The fraction of sp³-hybridized carbons (Fsp3) is 0.756. The predicted octanol–water partition coefficient (Wildman–Crippen LogP) is 12.2. The minimum atomic E-state index is -0.219. The molecule has 45 heavy (non-hydrogen) atoms. The van der Waals surface area contributed by atoms with Crippen molar-refractivity contribution in [1.82, 2.24) is 0 Å². The zero-order valence-corrected chi connectivity index (χ0v) is 30.8. The van der Waals surface area contributed by atoms with E-state index in [1.807, 2.05) is 34.6 Å². The predicted molar refractivity (Wildman–Crippen MR) is 202 cm³/mol. The zero-order chi connectivity index (χ0) is 33.9. The number of rotatable bonds is 15. The molecule has 0 aliphatic heterocycles. The first-order chi connectivity index (χ1) is 21.1. The highest BCUT2D eigenvalue weighted by atomic mass is 16.1. The van der Waals surface area contributed by atoms with E-state index >= 15 is 0 Å². The van der Waals surface area contributed by atoms with Gasteiger partial charge in [0.2, 0.25) is 0 Å². The Labute approximate surface area is 282 Å². The number of carbonyl (C=O) groups is 1. The van der Waals surface area contributed by atoms with E-state index < -0.39 is 0 Å². The van der Waals surface area contributed by atoms with Crippen LogP contribution >= 0.6 is 0 Å². The number of allylic oxidation sites excluding steroid dienone is 6. The summed E-state index contributed by atoms with van der Waals surface area (Å²) in [7, 11) is 0. The second-order valence-electron chi connectivity index (χ2n) is 12.7. The highest BCUT2D eigenvalue weighted by Gasteiger charge is 2.25. The van der Waals surface area contributed by atoms with Gasteiger partial charge in [-0.25, -0.2) is 0 Å². The minimum absolute atomic E-state index is 0. The van der Waals surface area contributed by atoms with Crippen LogP contribution in [0.5, 0.6) is 0 Å². The summed E-state index contributed by atoms with van der Waals surface area (Å²) < 4.78 is 0. The van der Waals surface area contributed by atoms with Crippen molar-refractivity contribution in [2.75, 3.05) is 0 Å². The summed E-state index contributed by atoms with van der Waals surface area (Å²) >= 11 is 0. The molecule has 0 aromatic heterocycles. The summed E-state index contributed by atoms with van der Waals surface area (Å²) in [5.41, 5.74) is 15.2. The molecular weight excluding hydrogens is 550 g/mol. The molecule has 2 aliphatic rings. The average molecular weight is 628 g/mol. The Balaban J connectivity index is -0.000000593. The van der Waals surface area contributed by atoms with Gasteiger partial charge in [0.25, 0.3) is 0 Å². The van der Waals surface area contributed by atoms with Gasteiger partial charge in [0.1, 0.15) is 5.78 Å². The monoisotopic (exact) mass is 628 g/mol. The van der Waals surface area contributed by atoms with E-state index in [1.54, 1.807) is 6.08 Å². The number of hydrogen-bond acceptors (Lipinski definition) is 4. The summed E-state index contributed by atoms with van der Waals surface area (Å²) in [6.45, 7) is 21.0. The molecule has 2 aliphatic carbocycles. The Bertz CT molecular complexity index is 898. The summed E-state index contributed by atoms with van der Waals surface area (Å²) in [5.74, 6) is 1.85. The maximum absolute atomic E-state index is 11.8. The van der Waals surface area contributed by atoms with E-state index in [9.17, 15) is 4.79 Å². The molecule has 0 amide bonds. The Kier molecular flexibility index (Phi) is 32.1. The van der Waals surface area contributed by atoms with Gasteiger partial charge in [-0.3, -0.25) is 4.79 Å². The highest BCUT2D eigenvalue weighted by Crippen LogP contribution is 2.28. The highest BCUT2D eigenvalue weighted by molar-refractivity contribution is 5.85. The van der Waals surface area contributed by atoms with E-state index in [4.69, 9.17) is 16.7 Å². The minimum Gasteiger partial charge on any atom is -0.399 e. The van der Waals surface area contributed by atoms with Gasteiger partial charge in [-0.2, -0.15) is 5.26 Å². The zero-order valence-electron chi connectivity index (χ0n) is 30.8. The Morgan fingerprint density at radius 3 is 2.02 bits per heavy atom. The van der Waals surface area contributed by atoms with Crippen LogP contribution in [0.25, 0.3) is 0 Å². The first kappa shape index (κ1) is 47.3. The fourth-order valence-corrected chi connectivity index (χ4v) is 5.64. The average Bonchev–Trinajstić information content (AvgIpc) is 3.25. The number of ketones is 1. The van der Waals surface area contributed by atoms with Crippen molar-refractivity contribution >= 4 is 5.78 Å². The lowest BCUT2D eigenvalue weighted by Crippen LogP contribution is -2.23. The maximum Gasteiger partial charge on any atom is 0.142 e. The number of nitrogens with two attached hydrogens (primary N) is 2. The van der Waals surface area contributed by atoms with Gasteiger partial charge in [-0.1, -0.05) is 164 Å². The van der Waals surface area contributed by atoms with E-state index in [0.29, 0.717) is 17.7 Å². The van der Waals surface area contributed by atoms with Crippen LogP contribution in [0.15, 0.2) is 46.7 Å². The first-order valence-corrected chi connectivity index (χ1v) is 18.3. The van der Waals surface area contributed by atoms with Crippen LogP contribution in [-0.4, -0.2) is 11.8 Å². The molecule has 4 heteroatoms. The molecule has 0 saturated heterocycles. The molecule has 4 nitrogen and oxygen atoms in total. The molecule has 0 fully saturated rings. The van der Waals surface area contributed by atoms with Crippen molar-refractivity contribution in [2.45, 2.75) is 179 Å². The van der Waals surface area contributed by atoms with Crippen LogP contribution in [-0.2, 0) is 4.79 Å². The molecule has 3 unspecified atom stereocenters. The van der Waals surface area contributed by atoms with Crippen molar-refractivity contribution in [2.24, 2.45) is 35.1 Å². The first-order valence-electron chi connectivity index (χ1n) is 18.3. The van der Waals surface area contributed by atoms with Gasteiger partial charge in [0, 0.05) is 29.1 Å². The number of Topliss-reactive ketones (excluding diaryl/α,β-unsaturated/α-hetero) is 1. The SMILES string of the molecule is C.CC.CC1=C(C#N)CC(C(=O)C(C)C)C=C1N.CCCCC(CC)CC.CCCCC(CCC)CCC1=CCCC(N)C=C1. The number of nitrogens with zero attached hydrogens (tertiary/aromatic N) is 1. The van der Waals surface area contributed by atoms with Crippen LogP contribution in [0.3, 0.4) is 0 Å². The van der Waals surface area contributed by atoms with E-state index in [2.05, 4.69) is 58.9 Å². The summed E-state index contributed by atoms with van der Waals surface area (Å²) in [5, 5.41) is 8.92. The van der Waals surface area contributed by atoms with E-state index in [1.165, 1.54) is 82.6 Å². The van der Waals surface area contributed by atoms with Crippen LogP contribution in [0, 0.1) is 35.0 Å². The number of unbranched alkanes of at least 4 members (excludes halogenated alkanes) is 2. The number of nitriles is 1. The molecule has 3 atom stereocenters. The Hall–Kier alpha value is -2.12. The van der Waals surface area contributed by atoms with Gasteiger partial charge in [-0.05, 0) is 56.4 Å². The van der Waals surface area contributed by atoms with Gasteiger partial charge in [-0.15, -0.1) is 0 Å². The third-order valence-electron chi connectivity index (χ3n) is 8.85. The molecule has 4 N–H and O–H groups in total. The second kappa shape index (κ2) is 30.5. The molecule has 2 rings (SSSR count). The lowest BCUT2D eigenvalue weighted by Gasteiger charge is -2.20. The summed E-state index contributed by atoms with van der Waals surface area (Å²) in [6.07, 6.45) is 27.8. The van der Waals surface area contributed by atoms with Gasteiger partial charge in [0.05, 0.1) is 6.07 Å². The van der Waals surface area contributed by atoms with Crippen molar-refractivity contribution < 1.29 is 4.79 Å². The number of hydrogen-bond donors (Lipinski definition) is 2. The molecule has 262 valence electrons. The van der Waals surface area contributed by atoms with Gasteiger partial charge >= 0.3 is 0 Å². The van der Waals surface area contributed by atoms with Crippen LogP contribution < -0.4 is 11.5 Å². The molecule has 0 heterocycles. The van der Waals surface area contributed by atoms with Crippen LogP contribution in [0.2, 0.25) is 0 Å². The van der Waals surface area contributed by atoms with E-state index in [0.717, 1.165) is 30.3 Å². The van der Waals surface area contributed by atoms with Crippen molar-refractivity contribution in [3.63, 3.8) is 0 Å². The normalized spacial score (nSPS) is 18.0. The van der Waals surface area contributed by atoms with Gasteiger partial charge in [0.15, 0.2) is 0 Å².